The number of nitrogens with zero attached hydrogens (tertiary/aromatic N) is 3. The van der Waals surface area contributed by atoms with Crippen LogP contribution in [0, 0.1) is 0 Å². The SMILES string of the molecule is NC1CCN(C(=O)c2nnc(Br)s2)CC1. The van der Waals surface area contributed by atoms with Crippen molar-refractivity contribution in [1.29, 1.82) is 0 Å². The predicted octanol–water partition coefficient (Wildman–Crippen LogP) is 0.864. The van der Waals surface area contributed by atoms with Crippen molar-refractivity contribution in [3.05, 3.63) is 8.92 Å². The van der Waals surface area contributed by atoms with Crippen molar-refractivity contribution in [2.24, 2.45) is 5.73 Å². The van der Waals surface area contributed by atoms with Gasteiger partial charge in [0.2, 0.25) is 5.01 Å². The first-order valence-corrected chi connectivity index (χ1v) is 6.31. The number of piperidine rings is 1. The lowest BCUT2D eigenvalue weighted by Crippen LogP contribution is -2.42. The second-order valence-electron chi connectivity index (χ2n) is 3.49. The molecule has 15 heavy (non-hydrogen) atoms. The summed E-state index contributed by atoms with van der Waals surface area (Å²) in [4.78, 5) is 13.7. The molecule has 82 valence electrons. The normalized spacial score (nSPS) is 18.1. The van der Waals surface area contributed by atoms with E-state index in [0.29, 0.717) is 8.92 Å². The van der Waals surface area contributed by atoms with E-state index >= 15 is 0 Å². The van der Waals surface area contributed by atoms with Crippen LogP contribution in [0.3, 0.4) is 0 Å². The van der Waals surface area contributed by atoms with Gasteiger partial charge >= 0.3 is 0 Å². The van der Waals surface area contributed by atoms with Crippen molar-refractivity contribution in [1.82, 2.24) is 15.1 Å². The Morgan fingerprint density at radius 2 is 2.13 bits per heavy atom. The molecule has 0 bridgehead atoms. The number of carbonyl (C=O) groups excluding carboxylic acids is 1. The van der Waals surface area contributed by atoms with Gasteiger partial charge in [-0.15, -0.1) is 10.2 Å². The molecule has 5 nitrogen and oxygen atoms in total. The van der Waals surface area contributed by atoms with Crippen LogP contribution in [-0.2, 0) is 0 Å². The van der Waals surface area contributed by atoms with Gasteiger partial charge in [0.25, 0.3) is 5.91 Å². The first-order chi connectivity index (χ1) is 7.16. The quantitative estimate of drug-likeness (QED) is 0.833. The van der Waals surface area contributed by atoms with E-state index < -0.39 is 0 Å². The van der Waals surface area contributed by atoms with Gasteiger partial charge < -0.3 is 10.6 Å². The van der Waals surface area contributed by atoms with Gasteiger partial charge in [-0.05, 0) is 28.8 Å². The summed E-state index contributed by atoms with van der Waals surface area (Å²) in [6.07, 6.45) is 1.73. The zero-order valence-corrected chi connectivity index (χ0v) is 10.4. The molecule has 2 N–H and O–H groups in total. The monoisotopic (exact) mass is 290 g/mol. The third-order valence-corrected chi connectivity index (χ3v) is 3.75. The lowest BCUT2D eigenvalue weighted by atomic mass is 10.1. The van der Waals surface area contributed by atoms with E-state index in [1.54, 1.807) is 4.90 Å². The molecule has 0 atom stereocenters. The molecule has 1 amide bonds. The van der Waals surface area contributed by atoms with Gasteiger partial charge in [-0.1, -0.05) is 11.3 Å². The zero-order valence-electron chi connectivity index (χ0n) is 8.02. The standard InChI is InChI=1S/C8H11BrN4OS/c9-8-12-11-6(15-8)7(14)13-3-1-5(10)2-4-13/h5H,1-4,10H2. The van der Waals surface area contributed by atoms with Crippen molar-refractivity contribution >= 4 is 33.2 Å². The highest BCUT2D eigenvalue weighted by Crippen LogP contribution is 2.19. The van der Waals surface area contributed by atoms with Gasteiger partial charge in [0.15, 0.2) is 3.92 Å². The Bertz CT molecular complexity index is 361. The van der Waals surface area contributed by atoms with Gasteiger partial charge in [0.1, 0.15) is 0 Å². The van der Waals surface area contributed by atoms with Crippen LogP contribution in [0.2, 0.25) is 0 Å². The second-order valence-corrected chi connectivity index (χ2v) is 5.74. The average Bonchev–Trinajstić information content (AvgIpc) is 2.65. The Morgan fingerprint density at radius 3 is 2.67 bits per heavy atom. The van der Waals surface area contributed by atoms with E-state index in [1.807, 2.05) is 0 Å². The predicted molar refractivity (Wildman–Crippen MR) is 60.7 cm³/mol. The number of aromatic nitrogens is 2. The van der Waals surface area contributed by atoms with E-state index in [-0.39, 0.29) is 11.9 Å². The molecule has 0 unspecified atom stereocenters. The minimum Gasteiger partial charge on any atom is -0.336 e. The first kappa shape index (κ1) is 11.0. The molecule has 1 aromatic heterocycles. The fraction of sp³-hybridized carbons (Fsp3) is 0.625. The van der Waals surface area contributed by atoms with E-state index in [1.165, 1.54) is 11.3 Å². The van der Waals surface area contributed by atoms with Gasteiger partial charge in [0.05, 0.1) is 0 Å². The maximum Gasteiger partial charge on any atom is 0.284 e. The van der Waals surface area contributed by atoms with Crippen LogP contribution in [0.1, 0.15) is 22.6 Å². The average molecular weight is 291 g/mol. The van der Waals surface area contributed by atoms with E-state index in [2.05, 4.69) is 26.1 Å². The fourth-order valence-electron chi connectivity index (χ4n) is 1.53. The summed E-state index contributed by atoms with van der Waals surface area (Å²) in [7, 11) is 0. The third kappa shape index (κ3) is 2.53. The molecule has 0 spiro atoms. The topological polar surface area (TPSA) is 72.1 Å². The highest BCUT2D eigenvalue weighted by atomic mass is 79.9. The maximum atomic E-state index is 11.9. The Balaban J connectivity index is 2.02. The van der Waals surface area contributed by atoms with Crippen LogP contribution < -0.4 is 5.73 Å². The number of halogens is 1. The molecular formula is C8H11BrN4OS. The number of hydrogen-bond acceptors (Lipinski definition) is 5. The molecule has 1 aliphatic heterocycles. The van der Waals surface area contributed by atoms with Crippen LogP contribution in [-0.4, -0.2) is 40.1 Å². The van der Waals surface area contributed by atoms with Crippen molar-refractivity contribution in [2.45, 2.75) is 18.9 Å². The summed E-state index contributed by atoms with van der Waals surface area (Å²) >= 11 is 4.45. The summed E-state index contributed by atoms with van der Waals surface area (Å²) in [5, 5.41) is 8.01. The summed E-state index contributed by atoms with van der Waals surface area (Å²) in [6, 6.07) is 0.232. The first-order valence-electron chi connectivity index (χ1n) is 4.70. The number of amides is 1. The highest BCUT2D eigenvalue weighted by molar-refractivity contribution is 9.11. The minimum atomic E-state index is -0.0369. The lowest BCUT2D eigenvalue weighted by molar-refractivity contribution is 0.0713. The molecule has 1 saturated heterocycles. The van der Waals surface area contributed by atoms with Crippen molar-refractivity contribution in [3.63, 3.8) is 0 Å². The van der Waals surface area contributed by atoms with Crippen LogP contribution >= 0.6 is 27.3 Å². The van der Waals surface area contributed by atoms with Crippen LogP contribution in [0.25, 0.3) is 0 Å². The van der Waals surface area contributed by atoms with Crippen molar-refractivity contribution in [3.8, 4) is 0 Å². The molecule has 0 saturated carbocycles. The van der Waals surface area contributed by atoms with Gasteiger partial charge in [0, 0.05) is 19.1 Å². The Labute approximate surface area is 99.8 Å². The number of nitrogens with two attached hydrogens (primary N) is 1. The summed E-state index contributed by atoms with van der Waals surface area (Å²) in [5.74, 6) is -0.0369. The molecule has 7 heteroatoms. The fourth-order valence-corrected chi connectivity index (χ4v) is 2.61. The molecular weight excluding hydrogens is 280 g/mol. The number of rotatable bonds is 1. The van der Waals surface area contributed by atoms with Gasteiger partial charge in [-0.25, -0.2) is 0 Å². The summed E-state index contributed by atoms with van der Waals surface area (Å²) in [6.45, 7) is 1.44. The highest BCUT2D eigenvalue weighted by Gasteiger charge is 2.23. The van der Waals surface area contributed by atoms with Crippen LogP contribution in [0.15, 0.2) is 3.92 Å². The molecule has 2 rings (SSSR count). The van der Waals surface area contributed by atoms with E-state index in [0.717, 1.165) is 25.9 Å². The lowest BCUT2D eigenvalue weighted by Gasteiger charge is -2.29. The number of hydrogen-bond donors (Lipinski definition) is 1. The zero-order chi connectivity index (χ0) is 10.8. The molecule has 1 aliphatic rings. The van der Waals surface area contributed by atoms with Gasteiger partial charge in [-0.3, -0.25) is 4.79 Å². The number of likely N-dealkylation sites (tertiary alicyclic amines) is 1. The Hall–Kier alpha value is -0.530. The smallest absolute Gasteiger partial charge is 0.284 e. The number of carbonyl (C=O) groups is 1. The van der Waals surface area contributed by atoms with Crippen molar-refractivity contribution < 1.29 is 4.79 Å². The summed E-state index contributed by atoms with van der Waals surface area (Å²) in [5.41, 5.74) is 5.77. The molecule has 0 aromatic carbocycles. The van der Waals surface area contributed by atoms with E-state index in [9.17, 15) is 4.79 Å². The van der Waals surface area contributed by atoms with Crippen LogP contribution in [0.4, 0.5) is 0 Å². The summed E-state index contributed by atoms with van der Waals surface area (Å²) < 4.78 is 0.638. The van der Waals surface area contributed by atoms with Crippen molar-refractivity contribution in [2.75, 3.05) is 13.1 Å². The minimum absolute atomic E-state index is 0.0369. The molecule has 1 aromatic rings. The largest absolute Gasteiger partial charge is 0.336 e. The second kappa shape index (κ2) is 4.54. The Kier molecular flexibility index (Phi) is 3.32. The molecule has 1 fully saturated rings. The molecule has 2 heterocycles. The molecule has 0 aliphatic carbocycles. The van der Waals surface area contributed by atoms with Crippen LogP contribution in [0.5, 0.6) is 0 Å². The van der Waals surface area contributed by atoms with E-state index in [4.69, 9.17) is 5.73 Å². The third-order valence-electron chi connectivity index (χ3n) is 2.41. The maximum absolute atomic E-state index is 11.9. The Morgan fingerprint density at radius 1 is 1.47 bits per heavy atom. The van der Waals surface area contributed by atoms with Gasteiger partial charge in [-0.2, -0.15) is 0 Å². The molecule has 0 radical (unpaired) electrons.